The lowest BCUT2D eigenvalue weighted by Crippen LogP contribution is -2.26. The molecule has 2 amide bonds. The quantitative estimate of drug-likeness (QED) is 0.318. The minimum atomic E-state index is -0.356. The second-order valence-electron chi connectivity index (χ2n) is 9.33. The van der Waals surface area contributed by atoms with Gasteiger partial charge in [0.15, 0.2) is 12.2 Å². The molecule has 1 N–H and O–H groups in total. The van der Waals surface area contributed by atoms with Gasteiger partial charge in [0.1, 0.15) is 0 Å². The highest BCUT2D eigenvalue weighted by molar-refractivity contribution is 7.17. The fraction of sp³-hybridized carbons (Fsp3) is 0.185. The average molecular weight is 500 g/mol. The maximum atomic E-state index is 13.1. The number of fused-ring (bicyclic) bond motifs is 1. The van der Waals surface area contributed by atoms with Crippen LogP contribution in [0.25, 0.3) is 21.7 Å². The van der Waals surface area contributed by atoms with Crippen LogP contribution in [-0.2, 0) is 5.54 Å². The molecule has 0 radical (unpaired) electrons. The summed E-state index contributed by atoms with van der Waals surface area (Å²) >= 11 is 1.32. The molecular weight excluding hydrogens is 474 g/mol. The Morgan fingerprint density at radius 2 is 1.83 bits per heavy atom. The number of anilines is 2. The molecule has 0 atom stereocenters. The van der Waals surface area contributed by atoms with Crippen LogP contribution in [-0.4, -0.2) is 33.4 Å². The minimum absolute atomic E-state index is 0.112. The number of hydrogen-bond acceptors (Lipinski definition) is 6. The molecule has 36 heavy (non-hydrogen) atoms. The van der Waals surface area contributed by atoms with E-state index in [0.717, 1.165) is 10.4 Å². The van der Waals surface area contributed by atoms with Gasteiger partial charge in [-0.2, -0.15) is 0 Å². The Morgan fingerprint density at radius 1 is 1.06 bits per heavy atom. The zero-order chi connectivity index (χ0) is 25.4. The van der Waals surface area contributed by atoms with Crippen LogP contribution >= 0.6 is 11.3 Å². The number of aromatic nitrogens is 3. The van der Waals surface area contributed by atoms with Crippen molar-refractivity contribution in [2.24, 2.45) is 0 Å². The van der Waals surface area contributed by atoms with E-state index in [1.165, 1.54) is 17.7 Å². The maximum absolute atomic E-state index is 13.1. The number of carbonyl (C=O) groups excluding carboxylic acids is 2. The second kappa shape index (κ2) is 9.09. The summed E-state index contributed by atoms with van der Waals surface area (Å²) in [6.07, 6.45) is 2.98. The fourth-order valence-corrected chi connectivity index (χ4v) is 4.88. The lowest BCUT2D eigenvalue weighted by molar-refractivity contribution is 0.0991. The zero-order valence-corrected chi connectivity index (χ0v) is 21.2. The highest BCUT2D eigenvalue weighted by Gasteiger charge is 2.25. The van der Waals surface area contributed by atoms with Crippen LogP contribution in [0.4, 0.5) is 11.6 Å². The van der Waals surface area contributed by atoms with Crippen LogP contribution < -0.4 is 10.2 Å². The summed E-state index contributed by atoms with van der Waals surface area (Å²) < 4.78 is 7.33. The Hall–Kier alpha value is -4.24. The molecule has 8 nitrogen and oxygen atoms in total. The first-order chi connectivity index (χ1) is 17.2. The van der Waals surface area contributed by atoms with Crippen molar-refractivity contribution in [3.8, 4) is 10.6 Å². The summed E-state index contributed by atoms with van der Waals surface area (Å²) in [6, 6.07) is 18.4. The normalized spacial score (nSPS) is 11.6. The third kappa shape index (κ3) is 4.40. The molecular formula is C27H25N5O3S. The highest BCUT2D eigenvalue weighted by atomic mass is 32.1. The predicted octanol–water partition coefficient (Wildman–Crippen LogP) is 6.04. The molecule has 0 bridgehead atoms. The van der Waals surface area contributed by atoms with Gasteiger partial charge < -0.3 is 13.9 Å². The molecule has 2 aromatic carbocycles. The number of thiophene rings is 1. The number of nitrogens with one attached hydrogen (secondary N) is 1. The third-order valence-corrected chi connectivity index (χ3v) is 6.85. The maximum Gasteiger partial charge on any atom is 0.268 e. The van der Waals surface area contributed by atoms with Crippen molar-refractivity contribution in [2.45, 2.75) is 26.3 Å². The molecule has 0 saturated carbocycles. The van der Waals surface area contributed by atoms with Crippen LogP contribution in [0.2, 0.25) is 0 Å². The van der Waals surface area contributed by atoms with Crippen molar-refractivity contribution in [3.05, 3.63) is 83.7 Å². The molecule has 5 rings (SSSR count). The Labute approximate surface area is 212 Å². The van der Waals surface area contributed by atoms with Gasteiger partial charge in [0, 0.05) is 23.8 Å². The Morgan fingerprint density at radius 3 is 2.53 bits per heavy atom. The summed E-state index contributed by atoms with van der Waals surface area (Å²) in [4.78, 5) is 37.7. The molecule has 0 spiro atoms. The minimum Gasteiger partial charge on any atom is -0.443 e. The first-order valence-electron chi connectivity index (χ1n) is 11.4. The summed E-state index contributed by atoms with van der Waals surface area (Å²) in [5.74, 6) is 0.677. The SMILES string of the molecule is CN(C(=O)c1ccccc1)c1ccc2c(c1)nc(NC(=O)c1ccc(-c3cnco3)s1)n2C(C)(C)C. The first-order valence-corrected chi connectivity index (χ1v) is 12.2. The van der Waals surface area contributed by atoms with Gasteiger partial charge in [-0.1, -0.05) is 18.2 Å². The summed E-state index contributed by atoms with van der Waals surface area (Å²) in [5, 5.41) is 2.98. The number of carbonyl (C=O) groups is 2. The Kier molecular flexibility index (Phi) is 5.93. The topological polar surface area (TPSA) is 93.3 Å². The Bertz CT molecular complexity index is 1550. The summed E-state index contributed by atoms with van der Waals surface area (Å²) in [7, 11) is 1.74. The van der Waals surface area contributed by atoms with Gasteiger partial charge in [-0.05, 0) is 63.2 Å². The Balaban J connectivity index is 1.47. The van der Waals surface area contributed by atoms with Crippen molar-refractivity contribution in [1.82, 2.24) is 14.5 Å². The van der Waals surface area contributed by atoms with Gasteiger partial charge in [0.05, 0.1) is 27.0 Å². The van der Waals surface area contributed by atoms with E-state index in [1.807, 2.05) is 47.0 Å². The summed E-state index contributed by atoms with van der Waals surface area (Å²) in [6.45, 7) is 6.15. The van der Waals surface area contributed by atoms with Crippen LogP contribution in [0.5, 0.6) is 0 Å². The number of hydrogen-bond donors (Lipinski definition) is 1. The summed E-state index contributed by atoms with van der Waals surface area (Å²) in [5.41, 5.74) is 2.50. The van der Waals surface area contributed by atoms with E-state index in [-0.39, 0.29) is 17.4 Å². The largest absolute Gasteiger partial charge is 0.443 e. The average Bonchev–Trinajstić information content (AvgIpc) is 3.62. The van der Waals surface area contributed by atoms with E-state index in [0.29, 0.717) is 33.4 Å². The van der Waals surface area contributed by atoms with Crippen LogP contribution in [0, 0.1) is 0 Å². The number of rotatable bonds is 5. The monoisotopic (exact) mass is 499 g/mol. The molecule has 0 aliphatic rings. The second-order valence-corrected chi connectivity index (χ2v) is 10.4. The smallest absolute Gasteiger partial charge is 0.268 e. The number of oxazole rings is 1. The molecule has 0 aliphatic carbocycles. The van der Waals surface area contributed by atoms with Crippen LogP contribution in [0.15, 0.2) is 77.7 Å². The first kappa shape index (κ1) is 23.5. The van der Waals surface area contributed by atoms with Crippen molar-refractivity contribution in [1.29, 1.82) is 0 Å². The third-order valence-electron chi connectivity index (χ3n) is 5.75. The molecule has 0 fully saturated rings. The predicted molar refractivity (Wildman–Crippen MR) is 142 cm³/mol. The van der Waals surface area contributed by atoms with Gasteiger partial charge in [-0.3, -0.25) is 14.9 Å². The lowest BCUT2D eigenvalue weighted by atomic mass is 10.1. The van der Waals surface area contributed by atoms with Gasteiger partial charge in [-0.15, -0.1) is 11.3 Å². The molecule has 3 heterocycles. The van der Waals surface area contributed by atoms with Gasteiger partial charge in [0.2, 0.25) is 5.95 Å². The molecule has 9 heteroatoms. The molecule has 0 aliphatic heterocycles. The highest BCUT2D eigenvalue weighted by Crippen LogP contribution is 2.32. The van der Waals surface area contributed by atoms with Crippen molar-refractivity contribution >= 4 is 45.8 Å². The van der Waals surface area contributed by atoms with E-state index < -0.39 is 0 Å². The molecule has 3 aromatic heterocycles. The van der Waals surface area contributed by atoms with Gasteiger partial charge in [-0.25, -0.2) is 9.97 Å². The lowest BCUT2D eigenvalue weighted by Gasteiger charge is -2.24. The fourth-order valence-electron chi connectivity index (χ4n) is 4.02. The number of nitrogens with zero attached hydrogens (tertiary/aromatic N) is 4. The standard InChI is InChI=1S/C27H25N5O3S/c1-27(2,3)32-20-11-10-18(31(4)25(34)17-8-6-5-7-9-17)14-19(20)29-26(32)30-24(33)23-13-12-22(36-23)21-15-28-16-35-21/h5-16H,1-4H3,(H,29,30,33). The van der Waals surface area contributed by atoms with E-state index in [4.69, 9.17) is 9.40 Å². The number of benzene rings is 2. The van der Waals surface area contributed by atoms with E-state index in [1.54, 1.807) is 36.3 Å². The van der Waals surface area contributed by atoms with Crippen LogP contribution in [0.1, 0.15) is 40.8 Å². The van der Waals surface area contributed by atoms with Gasteiger partial charge in [0.25, 0.3) is 11.8 Å². The number of amides is 2. The van der Waals surface area contributed by atoms with Crippen molar-refractivity contribution in [3.63, 3.8) is 0 Å². The van der Waals surface area contributed by atoms with Crippen molar-refractivity contribution < 1.29 is 14.0 Å². The van der Waals surface area contributed by atoms with Crippen LogP contribution in [0.3, 0.4) is 0 Å². The molecule has 5 aromatic rings. The van der Waals surface area contributed by atoms with E-state index >= 15 is 0 Å². The molecule has 182 valence electrons. The number of imidazole rings is 1. The van der Waals surface area contributed by atoms with Gasteiger partial charge >= 0.3 is 0 Å². The van der Waals surface area contributed by atoms with E-state index in [2.05, 4.69) is 31.1 Å². The van der Waals surface area contributed by atoms with Crippen molar-refractivity contribution in [2.75, 3.05) is 17.3 Å². The van der Waals surface area contributed by atoms with E-state index in [9.17, 15) is 9.59 Å². The molecule has 0 saturated heterocycles. The zero-order valence-electron chi connectivity index (χ0n) is 20.4. The molecule has 0 unspecified atom stereocenters.